The summed E-state index contributed by atoms with van der Waals surface area (Å²) in [4.78, 5) is 26.8. The molecule has 4 nitrogen and oxygen atoms in total. The van der Waals surface area contributed by atoms with Crippen LogP contribution in [0.1, 0.15) is 5.69 Å². The first kappa shape index (κ1) is 15.6. The van der Waals surface area contributed by atoms with Gasteiger partial charge in [0, 0.05) is 28.8 Å². The summed E-state index contributed by atoms with van der Waals surface area (Å²) < 4.78 is 0. The Kier molecular flexibility index (Phi) is 4.47. The monoisotopic (exact) mass is 316 g/mol. The molecule has 0 saturated heterocycles. The van der Waals surface area contributed by atoms with E-state index in [1.807, 2.05) is 54.6 Å². The topological polar surface area (TPSA) is 59.1 Å². The highest BCUT2D eigenvalue weighted by molar-refractivity contribution is 6.06. The van der Waals surface area contributed by atoms with Gasteiger partial charge in [0.25, 0.3) is 0 Å². The minimum Gasteiger partial charge on any atom is -0.322 e. The Balaban J connectivity index is 2.08. The van der Waals surface area contributed by atoms with Crippen molar-refractivity contribution >= 4 is 28.7 Å². The molecule has 0 fully saturated rings. The highest BCUT2D eigenvalue weighted by Crippen LogP contribution is 2.28. The highest BCUT2D eigenvalue weighted by Gasteiger charge is 2.07. The van der Waals surface area contributed by atoms with Crippen molar-refractivity contribution in [2.45, 2.75) is 6.42 Å². The zero-order valence-corrected chi connectivity index (χ0v) is 13.0. The maximum absolute atomic E-state index is 11.6. The Labute approximate surface area is 139 Å². The van der Waals surface area contributed by atoms with E-state index in [0.29, 0.717) is 6.42 Å². The number of aldehydes is 1. The van der Waals surface area contributed by atoms with E-state index in [1.54, 1.807) is 0 Å². The first-order valence-electron chi connectivity index (χ1n) is 7.57. The zero-order chi connectivity index (χ0) is 16.9. The Morgan fingerprint density at radius 3 is 2.75 bits per heavy atom. The van der Waals surface area contributed by atoms with Crippen LogP contribution < -0.4 is 5.32 Å². The average Bonchev–Trinajstić information content (AvgIpc) is 2.62. The number of rotatable bonds is 5. The van der Waals surface area contributed by atoms with Crippen LogP contribution >= 0.6 is 0 Å². The van der Waals surface area contributed by atoms with Gasteiger partial charge in [-0.25, -0.2) is 0 Å². The summed E-state index contributed by atoms with van der Waals surface area (Å²) in [6.07, 6.45) is 2.38. The lowest BCUT2D eigenvalue weighted by Crippen LogP contribution is -2.07. The molecule has 3 aromatic rings. The van der Waals surface area contributed by atoms with Gasteiger partial charge in [0.15, 0.2) is 0 Å². The second-order valence-electron chi connectivity index (χ2n) is 5.32. The van der Waals surface area contributed by atoms with E-state index in [4.69, 9.17) is 0 Å². The Morgan fingerprint density at radius 1 is 1.12 bits per heavy atom. The van der Waals surface area contributed by atoms with Gasteiger partial charge in [-0.15, -0.1) is 0 Å². The molecule has 1 N–H and O–H groups in total. The van der Waals surface area contributed by atoms with E-state index in [0.717, 1.165) is 39.7 Å². The van der Waals surface area contributed by atoms with E-state index in [-0.39, 0.29) is 5.91 Å². The van der Waals surface area contributed by atoms with E-state index in [1.165, 1.54) is 6.08 Å². The highest BCUT2D eigenvalue weighted by atomic mass is 16.1. The SMILES string of the molecule is C=CC(=O)Nc1cccc2ccc(-c3cccc(CC=O)n3)cc12. The predicted molar refractivity (Wildman–Crippen MR) is 95.8 cm³/mol. The number of amides is 1. The average molecular weight is 316 g/mol. The van der Waals surface area contributed by atoms with Gasteiger partial charge in [-0.1, -0.05) is 36.9 Å². The molecule has 4 heteroatoms. The van der Waals surface area contributed by atoms with Gasteiger partial charge in [-0.05, 0) is 35.7 Å². The fraction of sp³-hybridized carbons (Fsp3) is 0.0500. The van der Waals surface area contributed by atoms with E-state index >= 15 is 0 Å². The molecule has 1 amide bonds. The molecule has 24 heavy (non-hydrogen) atoms. The zero-order valence-electron chi connectivity index (χ0n) is 13.0. The Bertz CT molecular complexity index is 932. The van der Waals surface area contributed by atoms with Crippen LogP contribution in [0.4, 0.5) is 5.69 Å². The smallest absolute Gasteiger partial charge is 0.247 e. The van der Waals surface area contributed by atoms with Crippen molar-refractivity contribution in [1.29, 1.82) is 0 Å². The number of pyridine rings is 1. The van der Waals surface area contributed by atoms with Gasteiger partial charge in [0.2, 0.25) is 5.91 Å². The molecule has 1 aromatic heterocycles. The van der Waals surface area contributed by atoms with E-state index < -0.39 is 0 Å². The lowest BCUT2D eigenvalue weighted by Gasteiger charge is -2.09. The molecule has 0 spiro atoms. The number of benzene rings is 2. The molecule has 2 aromatic carbocycles. The van der Waals surface area contributed by atoms with Crippen LogP contribution in [-0.4, -0.2) is 17.2 Å². The van der Waals surface area contributed by atoms with Gasteiger partial charge >= 0.3 is 0 Å². The van der Waals surface area contributed by atoms with Gasteiger partial charge in [-0.2, -0.15) is 0 Å². The number of hydrogen-bond acceptors (Lipinski definition) is 3. The fourth-order valence-corrected chi connectivity index (χ4v) is 2.56. The molecule has 0 aliphatic heterocycles. The summed E-state index contributed by atoms with van der Waals surface area (Å²) in [6.45, 7) is 3.48. The summed E-state index contributed by atoms with van der Waals surface area (Å²) in [5.41, 5.74) is 3.18. The van der Waals surface area contributed by atoms with Crippen LogP contribution in [0.5, 0.6) is 0 Å². The number of nitrogens with zero attached hydrogens (tertiary/aromatic N) is 1. The third kappa shape index (κ3) is 3.22. The summed E-state index contributed by atoms with van der Waals surface area (Å²) in [6, 6.07) is 17.3. The van der Waals surface area contributed by atoms with Crippen LogP contribution in [0.25, 0.3) is 22.0 Å². The summed E-state index contributed by atoms with van der Waals surface area (Å²) in [5, 5.41) is 4.76. The molecular formula is C20H16N2O2. The van der Waals surface area contributed by atoms with Crippen molar-refractivity contribution in [2.75, 3.05) is 5.32 Å². The van der Waals surface area contributed by atoms with Crippen molar-refractivity contribution in [1.82, 2.24) is 4.98 Å². The van der Waals surface area contributed by atoms with Crippen molar-refractivity contribution in [3.63, 3.8) is 0 Å². The molecule has 0 unspecified atom stereocenters. The number of carbonyl (C=O) groups is 2. The van der Waals surface area contributed by atoms with E-state index in [9.17, 15) is 9.59 Å². The number of hydrogen-bond donors (Lipinski definition) is 1. The maximum atomic E-state index is 11.6. The molecule has 3 rings (SSSR count). The fourth-order valence-electron chi connectivity index (χ4n) is 2.56. The molecule has 0 atom stereocenters. The van der Waals surface area contributed by atoms with Crippen LogP contribution in [0.2, 0.25) is 0 Å². The van der Waals surface area contributed by atoms with Crippen molar-refractivity contribution in [2.24, 2.45) is 0 Å². The molecule has 0 aliphatic carbocycles. The molecule has 1 heterocycles. The molecule has 0 saturated carbocycles. The Morgan fingerprint density at radius 2 is 1.96 bits per heavy atom. The van der Waals surface area contributed by atoms with Crippen molar-refractivity contribution in [3.8, 4) is 11.3 Å². The van der Waals surface area contributed by atoms with Gasteiger partial charge in [0.05, 0.1) is 5.69 Å². The van der Waals surface area contributed by atoms with Crippen LogP contribution in [-0.2, 0) is 16.0 Å². The molecule has 0 bridgehead atoms. The van der Waals surface area contributed by atoms with Gasteiger partial charge in [0.1, 0.15) is 6.29 Å². The van der Waals surface area contributed by atoms with Crippen molar-refractivity contribution < 1.29 is 9.59 Å². The molecular weight excluding hydrogens is 300 g/mol. The largest absolute Gasteiger partial charge is 0.322 e. The third-order valence-corrected chi connectivity index (χ3v) is 3.72. The number of anilines is 1. The second kappa shape index (κ2) is 6.87. The number of aromatic nitrogens is 1. The summed E-state index contributed by atoms with van der Waals surface area (Å²) in [5.74, 6) is -0.251. The second-order valence-corrected chi connectivity index (χ2v) is 5.32. The van der Waals surface area contributed by atoms with Crippen LogP contribution in [0.3, 0.4) is 0 Å². The summed E-state index contributed by atoms with van der Waals surface area (Å²) >= 11 is 0. The van der Waals surface area contributed by atoms with Gasteiger partial charge in [-0.3, -0.25) is 9.78 Å². The first-order chi connectivity index (χ1) is 11.7. The summed E-state index contributed by atoms with van der Waals surface area (Å²) in [7, 11) is 0. The van der Waals surface area contributed by atoms with E-state index in [2.05, 4.69) is 16.9 Å². The lowest BCUT2D eigenvalue weighted by molar-refractivity contribution is -0.112. The minimum atomic E-state index is -0.251. The van der Waals surface area contributed by atoms with Crippen LogP contribution in [0.15, 0.2) is 67.3 Å². The quantitative estimate of drug-likeness (QED) is 0.576. The molecule has 0 radical (unpaired) electrons. The number of nitrogens with one attached hydrogen (secondary N) is 1. The van der Waals surface area contributed by atoms with Crippen molar-refractivity contribution in [3.05, 3.63) is 72.9 Å². The molecule has 0 aliphatic rings. The number of carbonyl (C=O) groups excluding carboxylic acids is 2. The Hall–Kier alpha value is -3.27. The molecule has 118 valence electrons. The third-order valence-electron chi connectivity index (χ3n) is 3.72. The lowest BCUT2D eigenvalue weighted by atomic mass is 10.0. The van der Waals surface area contributed by atoms with Crippen LogP contribution in [0, 0.1) is 0 Å². The normalized spacial score (nSPS) is 10.3. The number of fused-ring (bicyclic) bond motifs is 1. The maximum Gasteiger partial charge on any atom is 0.247 e. The van der Waals surface area contributed by atoms with Gasteiger partial charge < -0.3 is 10.1 Å². The first-order valence-corrected chi connectivity index (χ1v) is 7.57. The predicted octanol–water partition coefficient (Wildman–Crippen LogP) is 3.77. The standard InChI is InChI=1S/C20H16N2O2/c1-2-20(24)22-19-8-3-5-14-9-10-15(13-17(14)19)18-7-4-6-16(21-18)11-12-23/h2-10,12-13H,1,11H2,(H,22,24). The minimum absolute atomic E-state index is 0.251.